The van der Waals surface area contributed by atoms with Crippen molar-refractivity contribution >= 4 is 5.91 Å². The van der Waals surface area contributed by atoms with Gasteiger partial charge in [0.05, 0.1) is 13.2 Å². The Hall–Kier alpha value is -2.48. The molecule has 5 heteroatoms. The molecule has 0 aromatic heterocycles. The Balaban J connectivity index is 2.72. The van der Waals surface area contributed by atoms with Crippen LogP contribution in [0.4, 0.5) is 0 Å². The van der Waals surface area contributed by atoms with Crippen LogP contribution in [-0.4, -0.2) is 19.1 Å². The average molecular weight is 287 g/mol. The number of ether oxygens (including phenoxy) is 1. The van der Waals surface area contributed by atoms with Gasteiger partial charge in [0.1, 0.15) is 17.4 Å². The minimum absolute atomic E-state index is 0.0593. The molecule has 1 atom stereocenters. The standard InChI is InChI=1S/C16H21N3O2/c1-11(2)18-10-14(9-17)16(20)19-12(3)13-5-7-15(21-4)8-6-13/h5-8,10-12,18H,1-4H3,(H,19,20)/b14-10-. The molecule has 2 N–H and O–H groups in total. The van der Waals surface area contributed by atoms with Crippen molar-refractivity contribution in [1.29, 1.82) is 5.26 Å². The van der Waals surface area contributed by atoms with Crippen LogP contribution in [0.3, 0.4) is 0 Å². The van der Waals surface area contributed by atoms with Crippen LogP contribution in [0, 0.1) is 11.3 Å². The smallest absolute Gasteiger partial charge is 0.263 e. The van der Waals surface area contributed by atoms with Gasteiger partial charge in [-0.3, -0.25) is 4.79 Å². The summed E-state index contributed by atoms with van der Waals surface area (Å²) < 4.78 is 5.09. The van der Waals surface area contributed by atoms with Gasteiger partial charge in [-0.25, -0.2) is 0 Å². The summed E-state index contributed by atoms with van der Waals surface area (Å²) in [6.07, 6.45) is 1.45. The zero-order valence-electron chi connectivity index (χ0n) is 12.8. The molecule has 1 aromatic carbocycles. The maximum Gasteiger partial charge on any atom is 0.263 e. The molecule has 0 saturated heterocycles. The van der Waals surface area contributed by atoms with Gasteiger partial charge in [-0.2, -0.15) is 5.26 Å². The van der Waals surface area contributed by atoms with Gasteiger partial charge in [0.25, 0.3) is 5.91 Å². The van der Waals surface area contributed by atoms with Crippen molar-refractivity contribution in [3.05, 3.63) is 41.6 Å². The van der Waals surface area contributed by atoms with E-state index in [1.165, 1.54) is 6.20 Å². The normalized spacial score (nSPS) is 12.5. The predicted molar refractivity (Wildman–Crippen MR) is 81.5 cm³/mol. The lowest BCUT2D eigenvalue weighted by molar-refractivity contribution is -0.117. The SMILES string of the molecule is COc1ccc(C(C)NC(=O)/C(C#N)=C\NC(C)C)cc1. The first-order chi connectivity index (χ1) is 9.97. The van der Waals surface area contributed by atoms with Crippen LogP contribution in [0.1, 0.15) is 32.4 Å². The fourth-order valence-electron chi connectivity index (χ4n) is 1.65. The fourth-order valence-corrected chi connectivity index (χ4v) is 1.65. The van der Waals surface area contributed by atoms with Crippen molar-refractivity contribution in [2.75, 3.05) is 7.11 Å². The molecule has 112 valence electrons. The third-order valence-corrected chi connectivity index (χ3v) is 2.89. The highest BCUT2D eigenvalue weighted by molar-refractivity contribution is 5.97. The van der Waals surface area contributed by atoms with Gasteiger partial charge in [-0.1, -0.05) is 12.1 Å². The molecule has 1 unspecified atom stereocenters. The summed E-state index contributed by atoms with van der Waals surface area (Å²) in [5, 5.41) is 14.8. The number of carbonyl (C=O) groups is 1. The number of rotatable bonds is 6. The summed E-state index contributed by atoms with van der Waals surface area (Å²) in [5.74, 6) is 0.366. The lowest BCUT2D eigenvalue weighted by atomic mass is 10.1. The number of nitrogens with zero attached hydrogens (tertiary/aromatic N) is 1. The number of nitriles is 1. The van der Waals surface area contributed by atoms with Crippen LogP contribution >= 0.6 is 0 Å². The number of amides is 1. The van der Waals surface area contributed by atoms with Crippen molar-refractivity contribution in [3.8, 4) is 11.8 Å². The Labute approximate surface area is 125 Å². The van der Waals surface area contributed by atoms with E-state index in [-0.39, 0.29) is 17.7 Å². The maximum atomic E-state index is 12.0. The van der Waals surface area contributed by atoms with Crippen molar-refractivity contribution in [3.63, 3.8) is 0 Å². The first-order valence-electron chi connectivity index (χ1n) is 6.79. The summed E-state index contributed by atoms with van der Waals surface area (Å²) in [7, 11) is 1.60. The summed E-state index contributed by atoms with van der Waals surface area (Å²) in [5.41, 5.74) is 1.00. The third-order valence-electron chi connectivity index (χ3n) is 2.89. The van der Waals surface area contributed by atoms with E-state index in [2.05, 4.69) is 10.6 Å². The zero-order valence-corrected chi connectivity index (χ0v) is 12.8. The minimum Gasteiger partial charge on any atom is -0.497 e. The molecule has 0 fully saturated rings. The van der Waals surface area contributed by atoms with Crippen LogP contribution in [-0.2, 0) is 4.79 Å². The van der Waals surface area contributed by atoms with Crippen LogP contribution < -0.4 is 15.4 Å². The topological polar surface area (TPSA) is 74.1 Å². The molecule has 0 bridgehead atoms. The largest absolute Gasteiger partial charge is 0.497 e. The van der Waals surface area contributed by atoms with E-state index in [9.17, 15) is 4.79 Å². The van der Waals surface area contributed by atoms with E-state index in [0.717, 1.165) is 11.3 Å². The monoisotopic (exact) mass is 287 g/mol. The van der Waals surface area contributed by atoms with Crippen LogP contribution in [0.5, 0.6) is 5.75 Å². The van der Waals surface area contributed by atoms with Gasteiger partial charge < -0.3 is 15.4 Å². The Morgan fingerprint density at radius 3 is 2.38 bits per heavy atom. The van der Waals surface area contributed by atoms with Gasteiger partial charge in [-0.05, 0) is 38.5 Å². The van der Waals surface area contributed by atoms with Crippen LogP contribution in [0.2, 0.25) is 0 Å². The van der Waals surface area contributed by atoms with Gasteiger partial charge >= 0.3 is 0 Å². The van der Waals surface area contributed by atoms with Gasteiger partial charge in [0.2, 0.25) is 0 Å². The number of hydrogen-bond acceptors (Lipinski definition) is 4. The number of nitrogens with one attached hydrogen (secondary N) is 2. The molecule has 1 rings (SSSR count). The molecule has 1 aromatic rings. The fraction of sp³-hybridized carbons (Fsp3) is 0.375. The average Bonchev–Trinajstić information content (AvgIpc) is 2.47. The molecule has 1 amide bonds. The molecule has 0 heterocycles. The molecule has 0 aliphatic heterocycles. The summed E-state index contributed by atoms with van der Waals surface area (Å²) in [4.78, 5) is 12.0. The van der Waals surface area contributed by atoms with Crippen molar-refractivity contribution in [2.45, 2.75) is 32.9 Å². The molecule has 0 aliphatic carbocycles. The van der Waals surface area contributed by atoms with E-state index in [1.807, 2.05) is 51.1 Å². The summed E-state index contributed by atoms with van der Waals surface area (Å²) in [6, 6.07) is 9.30. The highest BCUT2D eigenvalue weighted by atomic mass is 16.5. The van der Waals surface area contributed by atoms with E-state index in [1.54, 1.807) is 7.11 Å². The van der Waals surface area contributed by atoms with Gasteiger partial charge in [0, 0.05) is 12.2 Å². The number of hydrogen-bond donors (Lipinski definition) is 2. The molecule has 21 heavy (non-hydrogen) atoms. The Bertz CT molecular complexity index is 542. The molecule has 0 spiro atoms. The van der Waals surface area contributed by atoms with E-state index >= 15 is 0 Å². The van der Waals surface area contributed by atoms with Crippen molar-refractivity contribution < 1.29 is 9.53 Å². The highest BCUT2D eigenvalue weighted by Crippen LogP contribution is 2.17. The quantitative estimate of drug-likeness (QED) is 0.622. The highest BCUT2D eigenvalue weighted by Gasteiger charge is 2.13. The predicted octanol–water partition coefficient (Wildman–Crippen LogP) is 2.28. The molecular formula is C16H21N3O2. The molecule has 0 radical (unpaired) electrons. The molecular weight excluding hydrogens is 266 g/mol. The van der Waals surface area contributed by atoms with Gasteiger partial charge in [0.15, 0.2) is 0 Å². The molecule has 0 saturated carbocycles. The second-order valence-electron chi connectivity index (χ2n) is 4.96. The van der Waals surface area contributed by atoms with E-state index in [4.69, 9.17) is 10.00 Å². The zero-order chi connectivity index (χ0) is 15.8. The van der Waals surface area contributed by atoms with E-state index in [0.29, 0.717) is 0 Å². The van der Waals surface area contributed by atoms with Gasteiger partial charge in [-0.15, -0.1) is 0 Å². The molecule has 0 aliphatic rings. The Morgan fingerprint density at radius 1 is 1.29 bits per heavy atom. The van der Waals surface area contributed by atoms with Crippen LogP contribution in [0.25, 0.3) is 0 Å². The number of benzene rings is 1. The first-order valence-corrected chi connectivity index (χ1v) is 6.79. The van der Waals surface area contributed by atoms with E-state index < -0.39 is 5.91 Å². The first kappa shape index (κ1) is 16.6. The second kappa shape index (κ2) is 7.95. The second-order valence-corrected chi connectivity index (χ2v) is 4.96. The lowest BCUT2D eigenvalue weighted by Crippen LogP contribution is -2.29. The number of methoxy groups -OCH3 is 1. The van der Waals surface area contributed by atoms with Crippen molar-refractivity contribution in [2.24, 2.45) is 0 Å². The molecule has 5 nitrogen and oxygen atoms in total. The van der Waals surface area contributed by atoms with Crippen LogP contribution in [0.15, 0.2) is 36.0 Å². The lowest BCUT2D eigenvalue weighted by Gasteiger charge is -2.14. The minimum atomic E-state index is -0.394. The Kier molecular flexibility index (Phi) is 6.28. The third kappa shape index (κ3) is 5.19. The maximum absolute atomic E-state index is 12.0. The number of carbonyl (C=O) groups excluding carboxylic acids is 1. The summed E-state index contributed by atoms with van der Waals surface area (Å²) >= 11 is 0. The van der Waals surface area contributed by atoms with Crippen molar-refractivity contribution in [1.82, 2.24) is 10.6 Å². The Morgan fingerprint density at radius 2 is 1.90 bits per heavy atom. The summed E-state index contributed by atoms with van der Waals surface area (Å²) in [6.45, 7) is 5.73.